The number of carboxylic acids is 1. The van der Waals surface area contributed by atoms with Gasteiger partial charge in [-0.05, 0) is 29.8 Å². The van der Waals surface area contributed by atoms with E-state index in [-0.39, 0.29) is 6.42 Å². The summed E-state index contributed by atoms with van der Waals surface area (Å²) in [6.07, 6.45) is -0.214. The number of hydrogen-bond donors (Lipinski definition) is 2. The van der Waals surface area contributed by atoms with Crippen LogP contribution in [0.3, 0.4) is 0 Å². The van der Waals surface area contributed by atoms with Crippen molar-refractivity contribution < 1.29 is 19.0 Å². The lowest BCUT2D eigenvalue weighted by molar-refractivity contribution is -0.136. The Morgan fingerprint density at radius 3 is 2.83 bits per heavy atom. The molecule has 23 heavy (non-hydrogen) atoms. The number of rotatable bonds is 4. The Hall–Kier alpha value is -2.34. The van der Waals surface area contributed by atoms with Crippen molar-refractivity contribution in [1.29, 1.82) is 0 Å². The van der Waals surface area contributed by atoms with E-state index < -0.39 is 11.8 Å². The van der Waals surface area contributed by atoms with Gasteiger partial charge in [-0.15, -0.1) is 0 Å². The van der Waals surface area contributed by atoms with Crippen molar-refractivity contribution in [2.45, 2.75) is 6.42 Å². The molecular formula is C17H13BrFNO3. The summed E-state index contributed by atoms with van der Waals surface area (Å²) in [5, 5.41) is 9.78. The van der Waals surface area contributed by atoms with Crippen molar-refractivity contribution in [3.05, 3.63) is 52.3 Å². The number of aromatic amines is 1. The molecular weight excluding hydrogens is 365 g/mol. The molecule has 3 aromatic rings. The Morgan fingerprint density at radius 1 is 1.35 bits per heavy atom. The molecule has 0 saturated carbocycles. The van der Waals surface area contributed by atoms with Gasteiger partial charge in [-0.25, -0.2) is 4.39 Å². The monoisotopic (exact) mass is 377 g/mol. The lowest BCUT2D eigenvalue weighted by Crippen LogP contribution is -2.01. The third kappa shape index (κ3) is 2.82. The number of fused-ring (bicyclic) bond motifs is 1. The van der Waals surface area contributed by atoms with E-state index in [0.717, 1.165) is 4.47 Å². The lowest BCUT2D eigenvalue weighted by Gasteiger charge is -2.09. The zero-order chi connectivity index (χ0) is 16.6. The Balaban J connectivity index is 2.34. The molecule has 1 heterocycles. The number of nitrogens with one attached hydrogen (secondary N) is 1. The quantitative estimate of drug-likeness (QED) is 0.709. The van der Waals surface area contributed by atoms with Crippen LogP contribution in [0.1, 0.15) is 5.56 Å². The number of H-pyrrole nitrogens is 1. The molecule has 6 heteroatoms. The maximum atomic E-state index is 14.1. The molecule has 0 amide bonds. The predicted octanol–water partition coefficient (Wildman–Crippen LogP) is 4.37. The number of hydrogen-bond acceptors (Lipinski definition) is 2. The van der Waals surface area contributed by atoms with E-state index in [2.05, 4.69) is 20.9 Å². The summed E-state index contributed by atoms with van der Waals surface area (Å²) in [5.41, 5.74) is 2.04. The van der Waals surface area contributed by atoms with E-state index in [1.54, 1.807) is 18.2 Å². The number of ether oxygens (including phenoxy) is 1. The smallest absolute Gasteiger partial charge is 0.307 e. The first kappa shape index (κ1) is 15.6. The van der Waals surface area contributed by atoms with Crippen LogP contribution >= 0.6 is 15.9 Å². The average molecular weight is 378 g/mol. The van der Waals surface area contributed by atoms with Crippen molar-refractivity contribution in [3.8, 4) is 17.0 Å². The molecule has 2 aromatic carbocycles. The zero-order valence-electron chi connectivity index (χ0n) is 12.2. The van der Waals surface area contributed by atoms with Crippen LogP contribution in [-0.4, -0.2) is 23.2 Å². The number of halogens is 2. The summed E-state index contributed by atoms with van der Waals surface area (Å²) < 4.78 is 20.2. The second kappa shape index (κ2) is 6.04. The third-order valence-electron chi connectivity index (χ3n) is 3.65. The molecule has 0 spiro atoms. The fraction of sp³-hybridized carbons (Fsp3) is 0.118. The molecule has 2 N–H and O–H groups in total. The van der Waals surface area contributed by atoms with Gasteiger partial charge < -0.3 is 14.8 Å². The molecule has 3 rings (SSSR count). The number of carbonyl (C=O) groups is 1. The molecule has 0 aliphatic carbocycles. The van der Waals surface area contributed by atoms with Crippen molar-refractivity contribution >= 4 is 32.8 Å². The first-order valence-corrected chi connectivity index (χ1v) is 7.65. The van der Waals surface area contributed by atoms with Gasteiger partial charge in [0.25, 0.3) is 0 Å². The van der Waals surface area contributed by atoms with Gasteiger partial charge in [0.2, 0.25) is 0 Å². The number of carboxylic acid groups (broad SMARTS) is 1. The minimum absolute atomic E-state index is 0.214. The van der Waals surface area contributed by atoms with E-state index in [0.29, 0.717) is 33.5 Å². The Bertz CT molecular complexity index is 904. The van der Waals surface area contributed by atoms with Crippen LogP contribution in [0.2, 0.25) is 0 Å². The number of aromatic nitrogens is 1. The summed E-state index contributed by atoms with van der Waals surface area (Å²) in [5.74, 6) is -0.827. The minimum Gasteiger partial charge on any atom is -0.496 e. The SMILES string of the molecule is COc1ccc(Br)cc1-c1[nH]c2c(F)cccc2c1CC(=O)O. The summed E-state index contributed by atoms with van der Waals surface area (Å²) in [4.78, 5) is 14.3. The fourth-order valence-electron chi connectivity index (χ4n) is 2.68. The van der Waals surface area contributed by atoms with Crippen LogP contribution in [0.4, 0.5) is 4.39 Å². The van der Waals surface area contributed by atoms with Crippen LogP contribution in [0, 0.1) is 5.82 Å². The van der Waals surface area contributed by atoms with Gasteiger partial charge in [-0.2, -0.15) is 0 Å². The van der Waals surface area contributed by atoms with Crippen molar-refractivity contribution in [2.75, 3.05) is 7.11 Å². The largest absolute Gasteiger partial charge is 0.496 e. The second-order valence-corrected chi connectivity index (χ2v) is 5.97. The number of benzene rings is 2. The minimum atomic E-state index is -0.981. The molecule has 0 atom stereocenters. The highest BCUT2D eigenvalue weighted by Crippen LogP contribution is 2.38. The normalized spacial score (nSPS) is 10.9. The zero-order valence-corrected chi connectivity index (χ0v) is 13.8. The molecule has 0 aliphatic heterocycles. The van der Waals surface area contributed by atoms with Crippen molar-refractivity contribution in [2.24, 2.45) is 0 Å². The highest BCUT2D eigenvalue weighted by atomic mass is 79.9. The molecule has 0 unspecified atom stereocenters. The molecule has 1 aromatic heterocycles. The van der Waals surface area contributed by atoms with E-state index >= 15 is 0 Å². The summed E-state index contributed by atoms with van der Waals surface area (Å²) in [6.45, 7) is 0. The Labute approximate surface area is 140 Å². The van der Waals surface area contributed by atoms with E-state index in [9.17, 15) is 14.3 Å². The van der Waals surface area contributed by atoms with E-state index in [4.69, 9.17) is 4.74 Å². The second-order valence-electron chi connectivity index (χ2n) is 5.06. The van der Waals surface area contributed by atoms with Crippen LogP contribution in [0.25, 0.3) is 22.2 Å². The number of aliphatic carboxylic acids is 1. The highest BCUT2D eigenvalue weighted by Gasteiger charge is 2.20. The molecule has 0 bridgehead atoms. The number of methoxy groups -OCH3 is 1. The van der Waals surface area contributed by atoms with Gasteiger partial charge in [0, 0.05) is 15.4 Å². The predicted molar refractivity (Wildman–Crippen MR) is 89.3 cm³/mol. The molecule has 0 radical (unpaired) electrons. The lowest BCUT2D eigenvalue weighted by atomic mass is 10.0. The van der Waals surface area contributed by atoms with Crippen LogP contribution in [0.15, 0.2) is 40.9 Å². The van der Waals surface area contributed by atoms with E-state index in [1.165, 1.54) is 13.2 Å². The Kier molecular flexibility index (Phi) is 4.09. The maximum absolute atomic E-state index is 14.1. The average Bonchev–Trinajstić information content (AvgIpc) is 2.87. The summed E-state index contributed by atoms with van der Waals surface area (Å²) >= 11 is 3.40. The summed E-state index contributed by atoms with van der Waals surface area (Å²) in [6, 6.07) is 10.0. The standard InChI is InChI=1S/C17H13BrFNO3/c1-23-14-6-5-9(18)7-12(14)16-11(8-15(21)22)10-3-2-4-13(19)17(10)20-16/h2-7,20H,8H2,1H3,(H,21,22). The fourth-order valence-corrected chi connectivity index (χ4v) is 3.04. The van der Waals surface area contributed by atoms with Crippen molar-refractivity contribution in [3.63, 3.8) is 0 Å². The van der Waals surface area contributed by atoms with Crippen LogP contribution in [-0.2, 0) is 11.2 Å². The first-order valence-electron chi connectivity index (χ1n) is 6.86. The van der Waals surface area contributed by atoms with Gasteiger partial charge in [-0.1, -0.05) is 28.1 Å². The molecule has 0 saturated heterocycles. The molecule has 0 aliphatic rings. The van der Waals surface area contributed by atoms with Gasteiger partial charge in [-0.3, -0.25) is 4.79 Å². The summed E-state index contributed by atoms with van der Waals surface area (Å²) in [7, 11) is 1.53. The molecule has 4 nitrogen and oxygen atoms in total. The van der Waals surface area contributed by atoms with Crippen LogP contribution in [0.5, 0.6) is 5.75 Å². The van der Waals surface area contributed by atoms with Gasteiger partial charge in [0.15, 0.2) is 0 Å². The third-order valence-corrected chi connectivity index (χ3v) is 4.14. The number of para-hydroxylation sites is 1. The van der Waals surface area contributed by atoms with Crippen LogP contribution < -0.4 is 4.74 Å². The highest BCUT2D eigenvalue weighted by molar-refractivity contribution is 9.10. The van der Waals surface area contributed by atoms with E-state index in [1.807, 2.05) is 12.1 Å². The van der Waals surface area contributed by atoms with Gasteiger partial charge in [0.05, 0.1) is 24.7 Å². The van der Waals surface area contributed by atoms with Gasteiger partial charge in [0.1, 0.15) is 11.6 Å². The van der Waals surface area contributed by atoms with Crippen molar-refractivity contribution in [1.82, 2.24) is 4.98 Å². The maximum Gasteiger partial charge on any atom is 0.307 e. The topological polar surface area (TPSA) is 62.3 Å². The first-order chi connectivity index (χ1) is 11.0. The molecule has 118 valence electrons. The Morgan fingerprint density at radius 2 is 2.13 bits per heavy atom. The van der Waals surface area contributed by atoms with Gasteiger partial charge >= 0.3 is 5.97 Å². The molecule has 0 fully saturated rings.